The third-order valence-corrected chi connectivity index (χ3v) is 4.51. The van der Waals surface area contributed by atoms with Crippen molar-refractivity contribution in [3.8, 4) is 0 Å². The number of rotatable bonds is 3. The van der Waals surface area contributed by atoms with Crippen LogP contribution in [0.3, 0.4) is 0 Å². The fourth-order valence-electron chi connectivity index (χ4n) is 2.76. The molecule has 2 N–H and O–H groups in total. The zero-order valence-corrected chi connectivity index (χ0v) is 12.0. The van der Waals surface area contributed by atoms with Crippen molar-refractivity contribution in [2.24, 2.45) is 0 Å². The molecular weight excluding hydrogens is 264 g/mol. The summed E-state index contributed by atoms with van der Waals surface area (Å²) < 4.78 is 0. The molecule has 4 heteroatoms. The maximum Gasteiger partial charge on any atom is 0.0484 e. The lowest BCUT2D eigenvalue weighted by Gasteiger charge is -2.24. The standard InChI is InChI=1S/C14H17ClN2S/c1-18-7-5-13-14-10(4-6-16-13)11-8-9(15)2-3-12(11)17-14/h2-3,8,13,16-17H,4-7H2,1H3. The first-order chi connectivity index (χ1) is 8.79. The first-order valence-corrected chi connectivity index (χ1v) is 8.09. The quantitative estimate of drug-likeness (QED) is 0.896. The number of benzene rings is 1. The highest BCUT2D eigenvalue weighted by molar-refractivity contribution is 7.98. The van der Waals surface area contributed by atoms with E-state index in [9.17, 15) is 0 Å². The van der Waals surface area contributed by atoms with Gasteiger partial charge in [0, 0.05) is 27.7 Å². The summed E-state index contributed by atoms with van der Waals surface area (Å²) in [6.07, 6.45) is 4.43. The Morgan fingerprint density at radius 2 is 2.33 bits per heavy atom. The Hall–Kier alpha value is -0.640. The first-order valence-electron chi connectivity index (χ1n) is 6.32. The lowest BCUT2D eigenvalue weighted by Crippen LogP contribution is -2.30. The molecule has 1 atom stereocenters. The van der Waals surface area contributed by atoms with Gasteiger partial charge < -0.3 is 10.3 Å². The minimum atomic E-state index is 0.465. The zero-order valence-electron chi connectivity index (χ0n) is 10.4. The molecule has 0 aliphatic carbocycles. The van der Waals surface area contributed by atoms with Crippen molar-refractivity contribution >= 4 is 34.3 Å². The maximum atomic E-state index is 6.11. The third kappa shape index (κ3) is 2.15. The molecule has 0 spiro atoms. The summed E-state index contributed by atoms with van der Waals surface area (Å²) >= 11 is 8.01. The Kier molecular flexibility index (Phi) is 3.55. The van der Waals surface area contributed by atoms with Crippen molar-refractivity contribution in [3.05, 3.63) is 34.5 Å². The molecule has 2 heterocycles. The van der Waals surface area contributed by atoms with Crippen LogP contribution in [-0.4, -0.2) is 23.5 Å². The van der Waals surface area contributed by atoms with Crippen LogP contribution in [0, 0.1) is 0 Å². The number of hydrogen-bond acceptors (Lipinski definition) is 2. The van der Waals surface area contributed by atoms with Gasteiger partial charge in [0.15, 0.2) is 0 Å². The smallest absolute Gasteiger partial charge is 0.0484 e. The van der Waals surface area contributed by atoms with Crippen molar-refractivity contribution in [2.75, 3.05) is 18.6 Å². The normalized spacial score (nSPS) is 19.1. The molecule has 1 aromatic carbocycles. The van der Waals surface area contributed by atoms with Crippen LogP contribution in [0.4, 0.5) is 0 Å². The largest absolute Gasteiger partial charge is 0.357 e. The molecule has 0 radical (unpaired) electrons. The van der Waals surface area contributed by atoms with Gasteiger partial charge in [-0.05, 0) is 55.2 Å². The molecule has 0 saturated carbocycles. The van der Waals surface area contributed by atoms with Crippen molar-refractivity contribution < 1.29 is 0 Å². The number of fused-ring (bicyclic) bond motifs is 3. The van der Waals surface area contributed by atoms with Crippen LogP contribution in [-0.2, 0) is 6.42 Å². The molecule has 1 aliphatic heterocycles. The van der Waals surface area contributed by atoms with E-state index in [4.69, 9.17) is 11.6 Å². The first kappa shape index (κ1) is 12.4. The third-order valence-electron chi connectivity index (χ3n) is 3.63. The minimum absolute atomic E-state index is 0.465. The van der Waals surface area contributed by atoms with Crippen LogP contribution in [0.25, 0.3) is 10.9 Å². The number of H-pyrrole nitrogens is 1. The Labute approximate surface area is 116 Å². The average molecular weight is 281 g/mol. The van der Waals surface area contributed by atoms with E-state index in [0.717, 1.165) is 18.0 Å². The number of hydrogen-bond donors (Lipinski definition) is 2. The van der Waals surface area contributed by atoms with Crippen LogP contribution >= 0.6 is 23.4 Å². The summed E-state index contributed by atoms with van der Waals surface area (Å²) in [6, 6.07) is 6.59. The van der Waals surface area contributed by atoms with E-state index in [1.165, 1.54) is 34.3 Å². The molecule has 18 heavy (non-hydrogen) atoms. The van der Waals surface area contributed by atoms with Gasteiger partial charge in [0.25, 0.3) is 0 Å². The van der Waals surface area contributed by atoms with Gasteiger partial charge in [0.1, 0.15) is 0 Å². The molecule has 1 aromatic heterocycles. The van der Waals surface area contributed by atoms with E-state index in [1.54, 1.807) is 0 Å². The van der Waals surface area contributed by atoms with Gasteiger partial charge in [0.05, 0.1) is 0 Å². The number of thioether (sulfide) groups is 1. The molecule has 1 unspecified atom stereocenters. The molecule has 0 amide bonds. The van der Waals surface area contributed by atoms with E-state index in [-0.39, 0.29) is 0 Å². The summed E-state index contributed by atoms with van der Waals surface area (Å²) in [6.45, 7) is 1.06. The zero-order chi connectivity index (χ0) is 12.5. The van der Waals surface area contributed by atoms with Crippen LogP contribution < -0.4 is 5.32 Å². The van der Waals surface area contributed by atoms with Gasteiger partial charge in [-0.1, -0.05) is 11.6 Å². The molecule has 0 bridgehead atoms. The highest BCUT2D eigenvalue weighted by Gasteiger charge is 2.23. The number of aromatic nitrogens is 1. The second-order valence-electron chi connectivity index (χ2n) is 4.75. The fourth-order valence-corrected chi connectivity index (χ4v) is 3.41. The van der Waals surface area contributed by atoms with Gasteiger partial charge in [-0.15, -0.1) is 0 Å². The molecule has 0 fully saturated rings. The van der Waals surface area contributed by atoms with Crippen molar-refractivity contribution in [3.63, 3.8) is 0 Å². The number of nitrogens with one attached hydrogen (secondary N) is 2. The van der Waals surface area contributed by atoms with Crippen LogP contribution in [0.1, 0.15) is 23.7 Å². The minimum Gasteiger partial charge on any atom is -0.357 e. The Bertz CT molecular complexity index is 564. The van der Waals surface area contributed by atoms with Gasteiger partial charge in [0.2, 0.25) is 0 Å². The molecule has 3 rings (SSSR count). The van der Waals surface area contributed by atoms with Crippen LogP contribution in [0.2, 0.25) is 5.02 Å². The maximum absolute atomic E-state index is 6.11. The summed E-state index contributed by atoms with van der Waals surface area (Å²) in [5, 5.41) is 5.73. The molecule has 2 nitrogen and oxygen atoms in total. The average Bonchev–Trinajstić information content (AvgIpc) is 2.75. The Morgan fingerprint density at radius 3 is 3.17 bits per heavy atom. The van der Waals surface area contributed by atoms with Crippen LogP contribution in [0.15, 0.2) is 18.2 Å². The Morgan fingerprint density at radius 1 is 1.44 bits per heavy atom. The predicted molar refractivity (Wildman–Crippen MR) is 80.8 cm³/mol. The molecule has 1 aliphatic rings. The highest BCUT2D eigenvalue weighted by Crippen LogP contribution is 2.33. The van der Waals surface area contributed by atoms with Crippen molar-refractivity contribution in [1.29, 1.82) is 0 Å². The number of halogens is 1. The topological polar surface area (TPSA) is 27.8 Å². The molecule has 96 valence electrons. The SMILES string of the molecule is CSCCC1NCCc2c1[nH]c1ccc(Cl)cc21. The molecular formula is C14H17ClN2S. The van der Waals surface area contributed by atoms with E-state index >= 15 is 0 Å². The summed E-state index contributed by atoms with van der Waals surface area (Å²) in [5.41, 5.74) is 4.03. The van der Waals surface area contributed by atoms with E-state index < -0.39 is 0 Å². The number of aromatic amines is 1. The fraction of sp³-hybridized carbons (Fsp3) is 0.429. The van der Waals surface area contributed by atoms with E-state index in [2.05, 4.69) is 28.7 Å². The lowest BCUT2D eigenvalue weighted by atomic mass is 9.98. The highest BCUT2D eigenvalue weighted by atomic mass is 35.5. The summed E-state index contributed by atoms with van der Waals surface area (Å²) in [7, 11) is 0. The lowest BCUT2D eigenvalue weighted by molar-refractivity contribution is 0.488. The second kappa shape index (κ2) is 5.16. The molecule has 0 saturated heterocycles. The predicted octanol–water partition coefficient (Wildman–Crippen LogP) is 3.76. The van der Waals surface area contributed by atoms with Gasteiger partial charge in [-0.2, -0.15) is 11.8 Å². The van der Waals surface area contributed by atoms with Gasteiger partial charge in [-0.3, -0.25) is 0 Å². The second-order valence-corrected chi connectivity index (χ2v) is 6.17. The summed E-state index contributed by atoms with van der Waals surface area (Å²) in [5.74, 6) is 1.19. The van der Waals surface area contributed by atoms with Crippen molar-refractivity contribution in [2.45, 2.75) is 18.9 Å². The van der Waals surface area contributed by atoms with E-state index in [1.807, 2.05) is 17.8 Å². The van der Waals surface area contributed by atoms with E-state index in [0.29, 0.717) is 6.04 Å². The molecule has 2 aromatic rings. The summed E-state index contributed by atoms with van der Waals surface area (Å²) in [4.78, 5) is 3.57. The van der Waals surface area contributed by atoms with Gasteiger partial charge >= 0.3 is 0 Å². The monoisotopic (exact) mass is 280 g/mol. The van der Waals surface area contributed by atoms with Gasteiger partial charge in [-0.25, -0.2) is 0 Å². The van der Waals surface area contributed by atoms with Crippen molar-refractivity contribution in [1.82, 2.24) is 10.3 Å². The Balaban J connectivity index is 2.04. The van der Waals surface area contributed by atoms with Crippen LogP contribution in [0.5, 0.6) is 0 Å².